The van der Waals surface area contributed by atoms with Crippen LogP contribution in [-0.2, 0) is 12.7 Å². The third-order valence-corrected chi connectivity index (χ3v) is 9.62. The molecule has 3 aliphatic rings. The molecular formula is C29H39F3N6O. The number of H-pyrrole nitrogens is 1. The fourth-order valence-electron chi connectivity index (χ4n) is 7.54. The summed E-state index contributed by atoms with van der Waals surface area (Å²) in [4.78, 5) is 15.9. The van der Waals surface area contributed by atoms with Crippen molar-refractivity contribution in [2.75, 3.05) is 13.1 Å². The molecule has 0 bridgehead atoms. The number of rotatable bonds is 6. The van der Waals surface area contributed by atoms with Crippen LogP contribution in [0.2, 0.25) is 0 Å². The number of fused-ring (bicyclic) bond motifs is 1. The fourth-order valence-corrected chi connectivity index (χ4v) is 7.54. The van der Waals surface area contributed by atoms with Gasteiger partial charge in [-0.2, -0.15) is 28.6 Å². The zero-order valence-corrected chi connectivity index (χ0v) is 22.9. The summed E-state index contributed by atoms with van der Waals surface area (Å²) in [6.07, 6.45) is 7.86. The molecule has 1 N–H and O–H groups in total. The van der Waals surface area contributed by atoms with Gasteiger partial charge in [0.15, 0.2) is 0 Å². The van der Waals surface area contributed by atoms with Gasteiger partial charge in [0.25, 0.3) is 0 Å². The normalized spacial score (nSPS) is 26.1. The molecule has 4 heterocycles. The lowest BCUT2D eigenvalue weighted by molar-refractivity contribution is -0.136. The fraction of sp³-hybridized carbons (Fsp3) is 0.690. The van der Waals surface area contributed by atoms with E-state index in [1.807, 2.05) is 6.92 Å². The third-order valence-electron chi connectivity index (χ3n) is 9.62. The number of aryl methyl sites for hydroxylation is 1. The minimum absolute atomic E-state index is 0.0479. The van der Waals surface area contributed by atoms with Crippen LogP contribution in [0.25, 0.3) is 5.52 Å². The van der Waals surface area contributed by atoms with Gasteiger partial charge in [0.05, 0.1) is 22.5 Å². The average molecular weight is 545 g/mol. The first kappa shape index (κ1) is 26.6. The van der Waals surface area contributed by atoms with Gasteiger partial charge in [0.2, 0.25) is 0 Å². The largest absolute Gasteiger partial charge is 0.418 e. The van der Waals surface area contributed by atoms with Gasteiger partial charge in [-0.05, 0) is 87.8 Å². The molecule has 0 aromatic carbocycles. The molecule has 3 aromatic heterocycles. The van der Waals surface area contributed by atoms with E-state index in [2.05, 4.69) is 27.2 Å². The number of aromatic amines is 1. The molecule has 7 nitrogen and oxygen atoms in total. The van der Waals surface area contributed by atoms with Crippen LogP contribution >= 0.6 is 0 Å². The van der Waals surface area contributed by atoms with E-state index < -0.39 is 11.7 Å². The minimum atomic E-state index is -4.54. The van der Waals surface area contributed by atoms with Crippen molar-refractivity contribution in [2.24, 2.45) is 17.8 Å². The molecule has 0 radical (unpaired) electrons. The highest BCUT2D eigenvalue weighted by atomic mass is 19.4. The van der Waals surface area contributed by atoms with Gasteiger partial charge in [0.1, 0.15) is 0 Å². The van der Waals surface area contributed by atoms with E-state index in [9.17, 15) is 18.0 Å². The first-order chi connectivity index (χ1) is 18.7. The molecule has 10 heteroatoms. The lowest BCUT2D eigenvalue weighted by Crippen LogP contribution is -2.34. The van der Waals surface area contributed by atoms with Crippen molar-refractivity contribution < 1.29 is 13.2 Å². The smallest absolute Gasteiger partial charge is 0.299 e. The lowest BCUT2D eigenvalue weighted by atomic mass is 9.65. The van der Waals surface area contributed by atoms with Crippen molar-refractivity contribution in [2.45, 2.75) is 96.3 Å². The molecule has 2 unspecified atom stereocenters. The van der Waals surface area contributed by atoms with Crippen molar-refractivity contribution in [3.63, 3.8) is 0 Å². The maximum atomic E-state index is 14.3. The second-order valence-corrected chi connectivity index (χ2v) is 12.4. The van der Waals surface area contributed by atoms with E-state index in [4.69, 9.17) is 0 Å². The molecular weight excluding hydrogens is 505 g/mol. The van der Waals surface area contributed by atoms with E-state index in [1.165, 1.54) is 35.9 Å². The Hall–Kier alpha value is -2.62. The number of pyridine rings is 1. The number of likely N-dealkylation sites (tertiary alicyclic amines) is 1. The van der Waals surface area contributed by atoms with Gasteiger partial charge in [-0.15, -0.1) is 0 Å². The SMILES string of the molecule is Cc1n[nH]nc1[C@@H](C1CCC1)C1CCCC(n2cc3c(C(F)(F)F)cc(CN4CCC[C@H](C)C4)cn3c2=O)C1. The predicted octanol–water partition coefficient (Wildman–Crippen LogP) is 6.09. The number of hydrogen-bond acceptors (Lipinski definition) is 4. The van der Waals surface area contributed by atoms with Gasteiger partial charge in [-0.25, -0.2) is 4.79 Å². The quantitative estimate of drug-likeness (QED) is 0.408. The van der Waals surface area contributed by atoms with E-state index in [0.29, 0.717) is 29.9 Å². The number of imidazole rings is 1. The highest BCUT2D eigenvalue weighted by Gasteiger charge is 2.40. The topological polar surface area (TPSA) is 71.2 Å². The second-order valence-electron chi connectivity index (χ2n) is 12.4. The second kappa shape index (κ2) is 10.4. The van der Waals surface area contributed by atoms with Crippen LogP contribution in [0.4, 0.5) is 13.2 Å². The summed E-state index contributed by atoms with van der Waals surface area (Å²) in [6.45, 7) is 6.32. The van der Waals surface area contributed by atoms with Crippen LogP contribution in [0, 0.1) is 24.7 Å². The number of halogens is 3. The summed E-state index contributed by atoms with van der Waals surface area (Å²) in [6, 6.07) is 1.13. The Morgan fingerprint density at radius 3 is 2.49 bits per heavy atom. The van der Waals surface area contributed by atoms with E-state index in [0.717, 1.165) is 63.0 Å². The number of nitrogens with one attached hydrogen (secondary N) is 1. The zero-order valence-electron chi connectivity index (χ0n) is 22.9. The van der Waals surface area contributed by atoms with Gasteiger partial charge in [-0.1, -0.05) is 19.8 Å². The van der Waals surface area contributed by atoms with Gasteiger partial charge in [0, 0.05) is 37.4 Å². The number of aromatic nitrogens is 5. The van der Waals surface area contributed by atoms with E-state index in [1.54, 1.807) is 10.8 Å². The summed E-state index contributed by atoms with van der Waals surface area (Å²) in [5, 5.41) is 11.6. The van der Waals surface area contributed by atoms with Crippen molar-refractivity contribution >= 4 is 5.52 Å². The maximum Gasteiger partial charge on any atom is 0.418 e. The summed E-state index contributed by atoms with van der Waals surface area (Å²) in [5.74, 6) is 1.68. The highest BCUT2D eigenvalue weighted by Crippen LogP contribution is 2.49. The number of hydrogen-bond donors (Lipinski definition) is 1. The van der Waals surface area contributed by atoms with E-state index in [-0.39, 0.29) is 23.2 Å². The Morgan fingerprint density at radius 1 is 1.05 bits per heavy atom. The van der Waals surface area contributed by atoms with Crippen LogP contribution in [-0.4, -0.2) is 42.4 Å². The molecule has 4 atom stereocenters. The van der Waals surface area contributed by atoms with Crippen LogP contribution in [0.5, 0.6) is 0 Å². The molecule has 6 rings (SSSR count). The summed E-state index contributed by atoms with van der Waals surface area (Å²) in [7, 11) is 0. The van der Waals surface area contributed by atoms with Crippen LogP contribution in [0.1, 0.15) is 99.2 Å². The predicted molar refractivity (Wildman–Crippen MR) is 143 cm³/mol. The Kier molecular flexibility index (Phi) is 7.10. The number of nitrogens with zero attached hydrogens (tertiary/aromatic N) is 5. The maximum absolute atomic E-state index is 14.3. The van der Waals surface area contributed by atoms with Crippen molar-refractivity contribution in [1.29, 1.82) is 0 Å². The molecule has 212 valence electrons. The van der Waals surface area contributed by atoms with Crippen LogP contribution in [0.3, 0.4) is 0 Å². The first-order valence-electron chi connectivity index (χ1n) is 14.6. The van der Waals surface area contributed by atoms with Crippen molar-refractivity contribution in [3.8, 4) is 0 Å². The Balaban J connectivity index is 1.33. The monoisotopic (exact) mass is 544 g/mol. The first-order valence-corrected chi connectivity index (χ1v) is 14.6. The van der Waals surface area contributed by atoms with Crippen LogP contribution < -0.4 is 5.69 Å². The van der Waals surface area contributed by atoms with Crippen molar-refractivity contribution in [1.82, 2.24) is 29.3 Å². The van der Waals surface area contributed by atoms with Gasteiger partial charge in [-0.3, -0.25) is 13.9 Å². The summed E-state index contributed by atoms with van der Waals surface area (Å²) < 4.78 is 45.6. The Morgan fingerprint density at radius 2 is 1.82 bits per heavy atom. The zero-order chi connectivity index (χ0) is 27.3. The van der Waals surface area contributed by atoms with Gasteiger partial charge >= 0.3 is 11.9 Å². The molecule has 2 aliphatic carbocycles. The summed E-state index contributed by atoms with van der Waals surface area (Å²) >= 11 is 0. The highest BCUT2D eigenvalue weighted by molar-refractivity contribution is 5.56. The van der Waals surface area contributed by atoms with Gasteiger partial charge < -0.3 is 0 Å². The molecule has 3 fully saturated rings. The molecule has 39 heavy (non-hydrogen) atoms. The average Bonchev–Trinajstić information content (AvgIpc) is 3.43. The molecule has 3 aromatic rings. The molecule has 1 aliphatic heterocycles. The van der Waals surface area contributed by atoms with E-state index >= 15 is 0 Å². The van der Waals surface area contributed by atoms with Crippen molar-refractivity contribution in [3.05, 3.63) is 51.5 Å². The molecule has 2 saturated carbocycles. The number of piperidine rings is 1. The number of alkyl halides is 3. The Bertz CT molecular complexity index is 1370. The summed E-state index contributed by atoms with van der Waals surface area (Å²) in [5.41, 5.74) is 1.35. The lowest BCUT2D eigenvalue weighted by Gasteiger charge is -2.41. The molecule has 1 saturated heterocycles. The minimum Gasteiger partial charge on any atom is -0.299 e. The molecule has 0 amide bonds. The molecule has 0 spiro atoms. The standard InChI is InChI=1S/C29H39F3N6O/c1-18-6-5-11-36(14-18)15-20-12-24(29(30,31)32)25-17-37(28(39)38(25)16-20)23-10-4-9-22(13-23)26(21-7-3-8-21)27-19(2)33-35-34-27/h12,16-18,21-23,26H,3-11,13-15H2,1-2H3,(H,33,34,35)/t18-,22?,23?,26-/m0/s1. The van der Waals surface area contributed by atoms with Crippen LogP contribution in [0.15, 0.2) is 23.3 Å². The third kappa shape index (κ3) is 5.16. The Labute approximate surface area is 226 Å².